The highest BCUT2D eigenvalue weighted by Crippen LogP contribution is 2.33. The summed E-state index contributed by atoms with van der Waals surface area (Å²) >= 11 is 1.57. The third-order valence-corrected chi connectivity index (χ3v) is 6.19. The van der Waals surface area contributed by atoms with Crippen LogP contribution >= 0.6 is 23.7 Å². The lowest BCUT2D eigenvalue weighted by molar-refractivity contribution is 0.0986. The van der Waals surface area contributed by atoms with Crippen molar-refractivity contribution in [3.05, 3.63) is 71.8 Å². The predicted octanol–water partition coefficient (Wildman–Crippen LogP) is 5.28. The van der Waals surface area contributed by atoms with E-state index in [-0.39, 0.29) is 18.3 Å². The molecular formula is C23H25ClN4O2S. The highest BCUT2D eigenvalue weighted by molar-refractivity contribution is 7.22. The predicted molar refractivity (Wildman–Crippen MR) is 128 cm³/mol. The molecule has 0 atom stereocenters. The number of hydrogen-bond donors (Lipinski definition) is 0. The molecule has 0 spiro atoms. The van der Waals surface area contributed by atoms with Gasteiger partial charge in [-0.1, -0.05) is 23.5 Å². The summed E-state index contributed by atoms with van der Waals surface area (Å²) in [5.74, 6) is 0.586. The molecule has 1 amide bonds. The van der Waals surface area contributed by atoms with E-state index in [0.717, 1.165) is 28.3 Å². The van der Waals surface area contributed by atoms with Gasteiger partial charge < -0.3 is 9.30 Å². The normalized spacial score (nSPS) is 10.7. The first-order valence-electron chi connectivity index (χ1n) is 9.84. The van der Waals surface area contributed by atoms with Gasteiger partial charge in [0.15, 0.2) is 5.13 Å². The number of imidazole rings is 1. The second-order valence-electron chi connectivity index (χ2n) is 7.27. The minimum absolute atomic E-state index is 0. The molecule has 0 saturated carbocycles. The summed E-state index contributed by atoms with van der Waals surface area (Å²) < 4.78 is 8.44. The van der Waals surface area contributed by atoms with E-state index in [2.05, 4.69) is 31.0 Å². The Hall–Kier alpha value is -2.90. The first-order valence-corrected chi connectivity index (χ1v) is 10.7. The topological polar surface area (TPSA) is 60.2 Å². The molecule has 0 aliphatic carbocycles. The Morgan fingerprint density at radius 1 is 1.23 bits per heavy atom. The first-order chi connectivity index (χ1) is 14.5. The molecule has 8 heteroatoms. The molecule has 0 radical (unpaired) electrons. The molecule has 0 N–H and O–H groups in total. The van der Waals surface area contributed by atoms with Gasteiger partial charge in [0.1, 0.15) is 5.75 Å². The van der Waals surface area contributed by atoms with Gasteiger partial charge in [0.05, 0.1) is 23.7 Å². The zero-order valence-electron chi connectivity index (χ0n) is 17.7. The molecule has 31 heavy (non-hydrogen) atoms. The lowest BCUT2D eigenvalue weighted by Gasteiger charge is -2.20. The van der Waals surface area contributed by atoms with E-state index >= 15 is 0 Å². The largest absolute Gasteiger partial charge is 0.497 e. The molecule has 2 aromatic carbocycles. The fourth-order valence-corrected chi connectivity index (χ4v) is 4.55. The molecule has 2 aromatic heterocycles. The third kappa shape index (κ3) is 5.06. The standard InChI is InChI=1S/C23H24N4O2S.ClH/c1-16-12-17(2)21-20(13-16)25-23(30-21)27(10-5-9-26-11-8-24-15-26)22(28)18-6-4-7-19(14-18)29-3;/h4,6-8,11-15H,5,9-10H2,1-3H3;1H. The van der Waals surface area contributed by atoms with Crippen molar-refractivity contribution in [2.75, 3.05) is 18.6 Å². The Morgan fingerprint density at radius 3 is 2.81 bits per heavy atom. The molecule has 4 aromatic rings. The van der Waals surface area contributed by atoms with Crippen LogP contribution in [0.25, 0.3) is 10.2 Å². The molecule has 0 unspecified atom stereocenters. The number of hydrogen-bond acceptors (Lipinski definition) is 5. The Balaban J connectivity index is 0.00000272. The number of anilines is 1. The Labute approximate surface area is 191 Å². The summed E-state index contributed by atoms with van der Waals surface area (Å²) in [5, 5.41) is 0.720. The number of amides is 1. The van der Waals surface area contributed by atoms with Crippen LogP contribution in [-0.4, -0.2) is 34.1 Å². The number of methoxy groups -OCH3 is 1. The van der Waals surface area contributed by atoms with Gasteiger partial charge in [-0.25, -0.2) is 9.97 Å². The first kappa shape index (κ1) is 22.8. The van der Waals surface area contributed by atoms with Gasteiger partial charge in [-0.15, -0.1) is 12.4 Å². The second-order valence-corrected chi connectivity index (χ2v) is 8.25. The van der Waals surface area contributed by atoms with Crippen LogP contribution in [0.4, 0.5) is 5.13 Å². The number of fused-ring (bicyclic) bond motifs is 1. The lowest BCUT2D eigenvalue weighted by Crippen LogP contribution is -2.32. The van der Waals surface area contributed by atoms with E-state index in [9.17, 15) is 4.79 Å². The van der Waals surface area contributed by atoms with Crippen LogP contribution in [0.3, 0.4) is 0 Å². The van der Waals surface area contributed by atoms with Crippen molar-refractivity contribution >= 4 is 45.0 Å². The number of aromatic nitrogens is 3. The minimum Gasteiger partial charge on any atom is -0.497 e. The summed E-state index contributed by atoms with van der Waals surface area (Å²) in [6.07, 6.45) is 6.27. The number of carbonyl (C=O) groups is 1. The fourth-order valence-electron chi connectivity index (χ4n) is 3.51. The molecule has 2 heterocycles. The van der Waals surface area contributed by atoms with Crippen molar-refractivity contribution in [2.24, 2.45) is 0 Å². The zero-order chi connectivity index (χ0) is 21.1. The Bertz CT molecular complexity index is 1170. The van der Waals surface area contributed by atoms with Crippen LogP contribution in [0.1, 0.15) is 27.9 Å². The summed E-state index contributed by atoms with van der Waals surface area (Å²) in [7, 11) is 1.60. The van der Waals surface area contributed by atoms with Crippen LogP contribution in [0, 0.1) is 13.8 Å². The van der Waals surface area contributed by atoms with Crippen LogP contribution in [0.5, 0.6) is 5.75 Å². The Morgan fingerprint density at radius 2 is 2.06 bits per heavy atom. The number of aryl methyl sites for hydroxylation is 3. The van der Waals surface area contributed by atoms with E-state index in [1.807, 2.05) is 29.0 Å². The van der Waals surface area contributed by atoms with E-state index in [4.69, 9.17) is 9.72 Å². The Kier molecular flexibility index (Phi) is 7.30. The van der Waals surface area contributed by atoms with Crippen LogP contribution in [0.2, 0.25) is 0 Å². The van der Waals surface area contributed by atoms with Crippen molar-refractivity contribution in [2.45, 2.75) is 26.8 Å². The summed E-state index contributed by atoms with van der Waals surface area (Å²) in [6, 6.07) is 11.5. The molecular weight excluding hydrogens is 432 g/mol. The molecule has 0 bridgehead atoms. The number of ether oxygens (including phenoxy) is 1. The summed E-state index contributed by atoms with van der Waals surface area (Å²) in [4.78, 5) is 24.1. The number of halogens is 1. The van der Waals surface area contributed by atoms with Crippen molar-refractivity contribution in [1.82, 2.24) is 14.5 Å². The average molecular weight is 457 g/mol. The van der Waals surface area contributed by atoms with Gasteiger partial charge in [0.25, 0.3) is 5.91 Å². The van der Waals surface area contributed by atoms with Gasteiger partial charge >= 0.3 is 0 Å². The quantitative estimate of drug-likeness (QED) is 0.379. The van der Waals surface area contributed by atoms with Crippen molar-refractivity contribution in [3.63, 3.8) is 0 Å². The monoisotopic (exact) mass is 456 g/mol. The highest BCUT2D eigenvalue weighted by atomic mass is 35.5. The zero-order valence-corrected chi connectivity index (χ0v) is 19.4. The molecule has 0 aliphatic rings. The number of carbonyl (C=O) groups excluding carboxylic acids is 1. The van der Waals surface area contributed by atoms with E-state index in [1.54, 1.807) is 41.9 Å². The van der Waals surface area contributed by atoms with Gasteiger partial charge in [-0.3, -0.25) is 9.69 Å². The maximum atomic E-state index is 13.5. The molecule has 6 nitrogen and oxygen atoms in total. The maximum Gasteiger partial charge on any atom is 0.260 e. The van der Waals surface area contributed by atoms with Gasteiger partial charge in [0, 0.05) is 31.0 Å². The maximum absolute atomic E-state index is 13.5. The highest BCUT2D eigenvalue weighted by Gasteiger charge is 2.22. The van der Waals surface area contributed by atoms with E-state index in [0.29, 0.717) is 17.9 Å². The molecule has 162 valence electrons. The lowest BCUT2D eigenvalue weighted by atomic mass is 10.1. The molecule has 0 fully saturated rings. The van der Waals surface area contributed by atoms with Crippen molar-refractivity contribution in [1.29, 1.82) is 0 Å². The minimum atomic E-state index is -0.0760. The molecule has 0 aliphatic heterocycles. The number of rotatable bonds is 7. The molecule has 0 saturated heterocycles. The number of nitrogens with zero attached hydrogens (tertiary/aromatic N) is 4. The van der Waals surface area contributed by atoms with E-state index < -0.39 is 0 Å². The third-order valence-electron chi connectivity index (χ3n) is 4.96. The molecule has 4 rings (SSSR count). The van der Waals surface area contributed by atoms with Crippen LogP contribution in [0.15, 0.2) is 55.1 Å². The summed E-state index contributed by atoms with van der Waals surface area (Å²) in [5.41, 5.74) is 3.87. The second kappa shape index (κ2) is 9.94. The van der Waals surface area contributed by atoms with Crippen LogP contribution in [-0.2, 0) is 6.54 Å². The number of benzene rings is 2. The van der Waals surface area contributed by atoms with Gasteiger partial charge in [0.2, 0.25) is 0 Å². The van der Waals surface area contributed by atoms with Crippen LogP contribution < -0.4 is 9.64 Å². The van der Waals surface area contributed by atoms with Gasteiger partial charge in [-0.2, -0.15) is 0 Å². The SMILES string of the molecule is COc1cccc(C(=O)N(CCCn2ccnc2)c2nc3cc(C)cc(C)c3s2)c1.Cl. The van der Waals surface area contributed by atoms with Gasteiger partial charge in [-0.05, 0) is 55.7 Å². The van der Waals surface area contributed by atoms with Crippen molar-refractivity contribution in [3.8, 4) is 5.75 Å². The smallest absolute Gasteiger partial charge is 0.260 e. The van der Waals surface area contributed by atoms with E-state index in [1.165, 1.54) is 11.1 Å². The summed E-state index contributed by atoms with van der Waals surface area (Å²) in [6.45, 7) is 5.50. The van der Waals surface area contributed by atoms with Crippen molar-refractivity contribution < 1.29 is 9.53 Å². The fraction of sp³-hybridized carbons (Fsp3) is 0.261. The average Bonchev–Trinajstić information content (AvgIpc) is 3.40. The number of thiazole rings is 1.